The second-order valence-corrected chi connectivity index (χ2v) is 4.15. The van der Waals surface area contributed by atoms with E-state index in [0.29, 0.717) is 25.3 Å². The van der Waals surface area contributed by atoms with Crippen LogP contribution in [0.2, 0.25) is 0 Å². The van der Waals surface area contributed by atoms with Crippen LogP contribution in [-0.2, 0) is 0 Å². The fourth-order valence-electron chi connectivity index (χ4n) is 2.09. The van der Waals surface area contributed by atoms with Crippen LogP contribution in [0.3, 0.4) is 0 Å². The molecule has 1 aromatic rings. The standard InChI is InChI=1S/C12H16F2N2O/c13-10-1-2-12(11(14)9-10)16-5-3-15(4-6-16)7-8-17/h1-2,9,17H,3-8H2. The maximum absolute atomic E-state index is 13.5. The molecule has 0 aliphatic carbocycles. The van der Waals surface area contributed by atoms with Gasteiger partial charge < -0.3 is 10.0 Å². The highest BCUT2D eigenvalue weighted by Gasteiger charge is 2.19. The van der Waals surface area contributed by atoms with Crippen molar-refractivity contribution in [2.45, 2.75) is 0 Å². The van der Waals surface area contributed by atoms with Gasteiger partial charge in [0.1, 0.15) is 11.6 Å². The first-order chi connectivity index (χ1) is 8.20. The smallest absolute Gasteiger partial charge is 0.149 e. The number of nitrogens with zero attached hydrogens (tertiary/aromatic N) is 2. The predicted molar refractivity (Wildman–Crippen MR) is 62.1 cm³/mol. The van der Waals surface area contributed by atoms with E-state index in [4.69, 9.17) is 5.11 Å². The number of rotatable bonds is 3. The Morgan fingerprint density at radius 2 is 1.82 bits per heavy atom. The molecule has 0 atom stereocenters. The molecule has 1 N–H and O–H groups in total. The number of anilines is 1. The van der Waals surface area contributed by atoms with Gasteiger partial charge in [0.15, 0.2) is 0 Å². The summed E-state index contributed by atoms with van der Waals surface area (Å²) in [6, 6.07) is 3.67. The van der Waals surface area contributed by atoms with E-state index in [1.165, 1.54) is 12.1 Å². The number of aliphatic hydroxyl groups excluding tert-OH is 1. The second kappa shape index (κ2) is 5.42. The molecule has 3 nitrogen and oxygen atoms in total. The lowest BCUT2D eigenvalue weighted by Crippen LogP contribution is -2.47. The molecule has 0 spiro atoms. The average Bonchev–Trinajstić information content (AvgIpc) is 2.31. The predicted octanol–water partition coefficient (Wildman–Crippen LogP) is 1.08. The Morgan fingerprint density at radius 1 is 1.12 bits per heavy atom. The first-order valence-corrected chi connectivity index (χ1v) is 5.74. The molecule has 0 saturated carbocycles. The molecular weight excluding hydrogens is 226 g/mol. The minimum atomic E-state index is -0.551. The number of halogens is 2. The Labute approximate surface area is 99.3 Å². The summed E-state index contributed by atoms with van der Waals surface area (Å²) in [7, 11) is 0. The molecule has 5 heteroatoms. The number of β-amino-alcohol motifs (C(OH)–C–C–N with tert-alkyl or cyclic N) is 1. The van der Waals surface area contributed by atoms with Gasteiger partial charge in [-0.1, -0.05) is 0 Å². The highest BCUT2D eigenvalue weighted by molar-refractivity contribution is 5.48. The van der Waals surface area contributed by atoms with Crippen molar-refractivity contribution in [3.8, 4) is 0 Å². The van der Waals surface area contributed by atoms with Crippen LogP contribution in [0.15, 0.2) is 18.2 Å². The van der Waals surface area contributed by atoms with E-state index in [1.807, 2.05) is 4.90 Å². The lowest BCUT2D eigenvalue weighted by Gasteiger charge is -2.35. The van der Waals surface area contributed by atoms with Crippen LogP contribution in [0.25, 0.3) is 0 Å². The van der Waals surface area contributed by atoms with E-state index < -0.39 is 11.6 Å². The van der Waals surface area contributed by atoms with E-state index in [2.05, 4.69) is 4.90 Å². The van der Waals surface area contributed by atoms with Crippen molar-refractivity contribution >= 4 is 5.69 Å². The van der Waals surface area contributed by atoms with Gasteiger partial charge >= 0.3 is 0 Å². The number of hydrogen-bond acceptors (Lipinski definition) is 3. The Hall–Kier alpha value is -1.20. The Morgan fingerprint density at radius 3 is 2.41 bits per heavy atom. The van der Waals surface area contributed by atoms with Crippen LogP contribution >= 0.6 is 0 Å². The summed E-state index contributed by atoms with van der Waals surface area (Å²) in [5.74, 6) is -1.06. The summed E-state index contributed by atoms with van der Waals surface area (Å²) in [6.45, 7) is 3.77. The van der Waals surface area contributed by atoms with Gasteiger partial charge in [0.25, 0.3) is 0 Å². The Bertz CT molecular complexity index is 379. The van der Waals surface area contributed by atoms with Gasteiger partial charge in [-0.3, -0.25) is 4.90 Å². The fraction of sp³-hybridized carbons (Fsp3) is 0.500. The molecule has 1 aromatic carbocycles. The van der Waals surface area contributed by atoms with Gasteiger partial charge in [0.05, 0.1) is 12.3 Å². The van der Waals surface area contributed by atoms with Crippen molar-refractivity contribution in [1.82, 2.24) is 4.90 Å². The van der Waals surface area contributed by atoms with Gasteiger partial charge in [0.2, 0.25) is 0 Å². The number of hydrogen-bond donors (Lipinski definition) is 1. The minimum absolute atomic E-state index is 0.144. The van der Waals surface area contributed by atoms with Gasteiger partial charge in [-0.25, -0.2) is 8.78 Å². The van der Waals surface area contributed by atoms with E-state index in [-0.39, 0.29) is 6.61 Å². The van der Waals surface area contributed by atoms with E-state index >= 15 is 0 Å². The van der Waals surface area contributed by atoms with Crippen molar-refractivity contribution in [1.29, 1.82) is 0 Å². The third-order valence-corrected chi connectivity index (χ3v) is 3.04. The number of piperazine rings is 1. The summed E-state index contributed by atoms with van der Waals surface area (Å²) >= 11 is 0. The van der Waals surface area contributed by atoms with Crippen molar-refractivity contribution in [2.75, 3.05) is 44.2 Å². The van der Waals surface area contributed by atoms with Crippen molar-refractivity contribution in [3.63, 3.8) is 0 Å². The van der Waals surface area contributed by atoms with Crippen LogP contribution in [0.1, 0.15) is 0 Å². The van der Waals surface area contributed by atoms with Crippen LogP contribution in [0.5, 0.6) is 0 Å². The quantitative estimate of drug-likeness (QED) is 0.859. The lowest BCUT2D eigenvalue weighted by atomic mass is 10.2. The molecule has 1 heterocycles. The third kappa shape index (κ3) is 2.92. The molecule has 2 rings (SSSR count). The molecule has 0 aromatic heterocycles. The minimum Gasteiger partial charge on any atom is -0.395 e. The molecule has 94 valence electrons. The molecular formula is C12H16F2N2O. The number of benzene rings is 1. The zero-order chi connectivity index (χ0) is 12.3. The first-order valence-electron chi connectivity index (χ1n) is 5.74. The topological polar surface area (TPSA) is 26.7 Å². The fourth-order valence-corrected chi connectivity index (χ4v) is 2.09. The average molecular weight is 242 g/mol. The summed E-state index contributed by atoms with van der Waals surface area (Å²) in [6.07, 6.45) is 0. The normalized spacial score (nSPS) is 17.5. The second-order valence-electron chi connectivity index (χ2n) is 4.15. The summed E-state index contributed by atoms with van der Waals surface area (Å²) < 4.78 is 26.3. The molecule has 1 saturated heterocycles. The van der Waals surface area contributed by atoms with Gasteiger partial charge in [-0.05, 0) is 12.1 Å². The van der Waals surface area contributed by atoms with E-state index in [0.717, 1.165) is 19.2 Å². The summed E-state index contributed by atoms with van der Waals surface area (Å²) in [4.78, 5) is 4.03. The Kier molecular flexibility index (Phi) is 3.91. The SMILES string of the molecule is OCCN1CCN(c2ccc(F)cc2F)CC1. The zero-order valence-electron chi connectivity index (χ0n) is 9.57. The van der Waals surface area contributed by atoms with Gasteiger partial charge in [-0.15, -0.1) is 0 Å². The third-order valence-electron chi connectivity index (χ3n) is 3.04. The van der Waals surface area contributed by atoms with Crippen molar-refractivity contribution in [3.05, 3.63) is 29.8 Å². The van der Waals surface area contributed by atoms with Crippen LogP contribution < -0.4 is 4.90 Å². The molecule has 0 amide bonds. The largest absolute Gasteiger partial charge is 0.395 e. The highest BCUT2D eigenvalue weighted by atomic mass is 19.1. The Balaban J connectivity index is 2.00. The van der Waals surface area contributed by atoms with Crippen LogP contribution in [-0.4, -0.2) is 49.3 Å². The molecule has 1 aliphatic rings. The van der Waals surface area contributed by atoms with E-state index in [1.54, 1.807) is 0 Å². The maximum Gasteiger partial charge on any atom is 0.149 e. The number of aliphatic hydroxyl groups is 1. The summed E-state index contributed by atoms with van der Waals surface area (Å²) in [5.41, 5.74) is 0.454. The van der Waals surface area contributed by atoms with Gasteiger partial charge in [0, 0.05) is 38.8 Å². The molecule has 1 aliphatic heterocycles. The van der Waals surface area contributed by atoms with E-state index in [9.17, 15) is 8.78 Å². The highest BCUT2D eigenvalue weighted by Crippen LogP contribution is 2.21. The van der Waals surface area contributed by atoms with Gasteiger partial charge in [-0.2, -0.15) is 0 Å². The van der Waals surface area contributed by atoms with Crippen LogP contribution in [0.4, 0.5) is 14.5 Å². The molecule has 17 heavy (non-hydrogen) atoms. The van der Waals surface area contributed by atoms with Crippen molar-refractivity contribution in [2.24, 2.45) is 0 Å². The zero-order valence-corrected chi connectivity index (χ0v) is 9.57. The first kappa shape index (κ1) is 12.3. The molecule has 0 unspecified atom stereocenters. The monoisotopic (exact) mass is 242 g/mol. The van der Waals surface area contributed by atoms with Crippen LogP contribution in [0, 0.1) is 11.6 Å². The summed E-state index contributed by atoms with van der Waals surface area (Å²) in [5, 5.41) is 8.82. The molecule has 0 radical (unpaired) electrons. The lowest BCUT2D eigenvalue weighted by molar-refractivity contribution is 0.188. The van der Waals surface area contributed by atoms with Crippen molar-refractivity contribution < 1.29 is 13.9 Å². The molecule has 0 bridgehead atoms. The molecule has 1 fully saturated rings. The maximum atomic E-state index is 13.5.